The molecule has 28 heavy (non-hydrogen) atoms. The first-order valence-electron chi connectivity index (χ1n) is 10.2. The van der Waals surface area contributed by atoms with Crippen LogP contribution in [-0.2, 0) is 22.6 Å². The van der Waals surface area contributed by atoms with Gasteiger partial charge in [-0.05, 0) is 37.8 Å². The average Bonchev–Trinajstić information content (AvgIpc) is 3.30. The maximum Gasteiger partial charge on any atom is 0.225 e. The van der Waals surface area contributed by atoms with Crippen molar-refractivity contribution >= 4 is 11.8 Å². The Labute approximate surface area is 165 Å². The van der Waals surface area contributed by atoms with Crippen molar-refractivity contribution in [2.24, 2.45) is 5.92 Å². The number of likely N-dealkylation sites (tertiary alicyclic amines) is 1. The van der Waals surface area contributed by atoms with E-state index in [2.05, 4.69) is 28.2 Å². The van der Waals surface area contributed by atoms with Crippen LogP contribution in [-0.4, -0.2) is 39.4 Å². The second-order valence-electron chi connectivity index (χ2n) is 8.00. The van der Waals surface area contributed by atoms with Crippen LogP contribution in [0.5, 0.6) is 0 Å². The molecule has 148 valence electrons. The first-order valence-corrected chi connectivity index (χ1v) is 10.2. The van der Waals surface area contributed by atoms with Crippen molar-refractivity contribution in [2.45, 2.75) is 52.1 Å². The predicted octanol–water partition coefficient (Wildman–Crippen LogP) is 2.93. The highest BCUT2D eigenvalue weighted by Crippen LogP contribution is 2.26. The Bertz CT molecular complexity index is 867. The highest BCUT2D eigenvalue weighted by atomic mass is 16.2. The summed E-state index contributed by atoms with van der Waals surface area (Å²) in [6.07, 6.45) is 6.07. The molecule has 3 heterocycles. The van der Waals surface area contributed by atoms with E-state index in [1.165, 1.54) is 6.42 Å². The molecule has 0 aliphatic carbocycles. The Morgan fingerprint density at radius 2 is 2.11 bits per heavy atom. The number of piperidine rings is 1. The molecule has 2 aliphatic heterocycles. The van der Waals surface area contributed by atoms with Crippen LogP contribution in [0.4, 0.5) is 0 Å². The summed E-state index contributed by atoms with van der Waals surface area (Å²) in [5.74, 6) is 1.11. The number of benzene rings is 1. The third-order valence-corrected chi connectivity index (χ3v) is 5.94. The molecule has 2 unspecified atom stereocenters. The van der Waals surface area contributed by atoms with E-state index >= 15 is 0 Å². The zero-order chi connectivity index (χ0) is 19.7. The molecule has 2 aliphatic rings. The van der Waals surface area contributed by atoms with Gasteiger partial charge in [-0.3, -0.25) is 9.59 Å². The van der Waals surface area contributed by atoms with E-state index in [-0.39, 0.29) is 23.8 Å². The summed E-state index contributed by atoms with van der Waals surface area (Å²) in [7, 11) is 0. The van der Waals surface area contributed by atoms with Crippen molar-refractivity contribution in [1.82, 2.24) is 19.8 Å². The zero-order valence-electron chi connectivity index (χ0n) is 16.6. The van der Waals surface area contributed by atoms with Crippen LogP contribution in [0, 0.1) is 5.92 Å². The van der Waals surface area contributed by atoms with Crippen molar-refractivity contribution in [1.29, 1.82) is 0 Å². The summed E-state index contributed by atoms with van der Waals surface area (Å²) in [6, 6.07) is 8.17. The molecule has 2 aromatic rings. The largest absolute Gasteiger partial charge is 0.349 e. The summed E-state index contributed by atoms with van der Waals surface area (Å²) >= 11 is 0. The highest BCUT2D eigenvalue weighted by molar-refractivity contribution is 5.81. The topological polar surface area (TPSA) is 67.2 Å². The Morgan fingerprint density at radius 1 is 1.25 bits per heavy atom. The molecule has 0 spiro atoms. The lowest BCUT2D eigenvalue weighted by atomic mass is 9.96. The van der Waals surface area contributed by atoms with Crippen molar-refractivity contribution in [3.05, 3.63) is 41.9 Å². The fourth-order valence-electron chi connectivity index (χ4n) is 4.25. The lowest BCUT2D eigenvalue weighted by molar-refractivity contribution is -0.134. The number of aryl methyl sites for hydroxylation is 2. The average molecular weight is 380 g/mol. The fraction of sp³-hybridized carbons (Fsp3) is 0.500. The molecule has 0 radical (unpaired) electrons. The van der Waals surface area contributed by atoms with Gasteiger partial charge in [0, 0.05) is 44.7 Å². The number of carbonyl (C=O) groups is 2. The van der Waals surface area contributed by atoms with E-state index in [4.69, 9.17) is 4.98 Å². The maximum atomic E-state index is 12.7. The van der Waals surface area contributed by atoms with Gasteiger partial charge in [-0.1, -0.05) is 18.2 Å². The van der Waals surface area contributed by atoms with Gasteiger partial charge in [0.05, 0.1) is 17.7 Å². The Kier molecular flexibility index (Phi) is 5.20. The first kappa shape index (κ1) is 18.7. The van der Waals surface area contributed by atoms with E-state index in [0.717, 1.165) is 55.0 Å². The Balaban J connectivity index is 1.44. The van der Waals surface area contributed by atoms with E-state index in [0.29, 0.717) is 6.54 Å². The van der Waals surface area contributed by atoms with Crippen LogP contribution >= 0.6 is 0 Å². The van der Waals surface area contributed by atoms with Crippen LogP contribution in [0.2, 0.25) is 0 Å². The second kappa shape index (κ2) is 7.78. The summed E-state index contributed by atoms with van der Waals surface area (Å²) in [5, 5.41) is 3.14. The SMILES string of the molecule is CC(=O)N1CCCC(C(=O)NC(C)c2cccc(-c3cn4c(n3)CCC4)c2)C1. The Morgan fingerprint density at radius 3 is 2.89 bits per heavy atom. The number of carbonyl (C=O) groups excluding carboxylic acids is 2. The zero-order valence-corrected chi connectivity index (χ0v) is 16.6. The molecule has 0 saturated carbocycles. The van der Waals surface area contributed by atoms with Crippen LogP contribution < -0.4 is 5.32 Å². The minimum Gasteiger partial charge on any atom is -0.349 e. The van der Waals surface area contributed by atoms with Gasteiger partial charge in [-0.2, -0.15) is 0 Å². The van der Waals surface area contributed by atoms with E-state index in [1.807, 2.05) is 19.1 Å². The molecular formula is C22H28N4O2. The number of amides is 2. The molecule has 1 N–H and O–H groups in total. The summed E-state index contributed by atoms with van der Waals surface area (Å²) < 4.78 is 2.23. The molecule has 1 aromatic carbocycles. The number of imidazole rings is 1. The molecule has 6 nitrogen and oxygen atoms in total. The molecule has 1 fully saturated rings. The Hall–Kier alpha value is -2.63. The van der Waals surface area contributed by atoms with Gasteiger partial charge in [-0.15, -0.1) is 0 Å². The number of nitrogens with zero attached hydrogens (tertiary/aromatic N) is 3. The molecule has 2 atom stereocenters. The van der Waals surface area contributed by atoms with Gasteiger partial charge in [0.1, 0.15) is 5.82 Å². The fourth-order valence-corrected chi connectivity index (χ4v) is 4.25. The molecule has 6 heteroatoms. The third-order valence-electron chi connectivity index (χ3n) is 5.94. The molecule has 1 aromatic heterocycles. The van der Waals surface area contributed by atoms with Crippen LogP contribution in [0.3, 0.4) is 0 Å². The van der Waals surface area contributed by atoms with Crippen molar-refractivity contribution < 1.29 is 9.59 Å². The second-order valence-corrected chi connectivity index (χ2v) is 8.00. The van der Waals surface area contributed by atoms with E-state index in [9.17, 15) is 9.59 Å². The van der Waals surface area contributed by atoms with Crippen LogP contribution in [0.15, 0.2) is 30.5 Å². The molecule has 2 amide bonds. The normalized spacial score (nSPS) is 19.9. The molecule has 0 bridgehead atoms. The van der Waals surface area contributed by atoms with Crippen LogP contribution in [0.1, 0.15) is 50.5 Å². The third kappa shape index (κ3) is 3.81. The monoisotopic (exact) mass is 380 g/mol. The van der Waals surface area contributed by atoms with Crippen LogP contribution in [0.25, 0.3) is 11.3 Å². The van der Waals surface area contributed by atoms with E-state index < -0.39 is 0 Å². The summed E-state index contributed by atoms with van der Waals surface area (Å²) in [4.78, 5) is 30.9. The molecule has 4 rings (SSSR count). The quantitative estimate of drug-likeness (QED) is 0.887. The standard InChI is InChI=1S/C22H28N4O2/c1-15(23-22(28)19-8-4-10-25(13-19)16(2)27)17-6-3-7-18(12-17)20-14-26-11-5-9-21(26)24-20/h3,6-7,12,14-15,19H,4-5,8-11,13H2,1-2H3,(H,23,28). The minimum absolute atomic E-state index is 0.0322. The van der Waals surface area contributed by atoms with Crippen molar-refractivity contribution in [3.8, 4) is 11.3 Å². The van der Waals surface area contributed by atoms with E-state index in [1.54, 1.807) is 11.8 Å². The number of hydrogen-bond donors (Lipinski definition) is 1. The van der Waals surface area contributed by atoms with Gasteiger partial charge in [0.2, 0.25) is 11.8 Å². The van der Waals surface area contributed by atoms with Gasteiger partial charge in [0.15, 0.2) is 0 Å². The van der Waals surface area contributed by atoms with Gasteiger partial charge >= 0.3 is 0 Å². The van der Waals surface area contributed by atoms with Crippen molar-refractivity contribution in [2.75, 3.05) is 13.1 Å². The maximum absolute atomic E-state index is 12.7. The minimum atomic E-state index is -0.126. The number of nitrogens with one attached hydrogen (secondary N) is 1. The van der Waals surface area contributed by atoms with Crippen molar-refractivity contribution in [3.63, 3.8) is 0 Å². The molecule has 1 saturated heterocycles. The molecular weight excluding hydrogens is 352 g/mol. The first-order chi connectivity index (χ1) is 13.5. The summed E-state index contributed by atoms with van der Waals surface area (Å²) in [5.41, 5.74) is 3.15. The highest BCUT2D eigenvalue weighted by Gasteiger charge is 2.28. The number of fused-ring (bicyclic) bond motifs is 1. The predicted molar refractivity (Wildman–Crippen MR) is 108 cm³/mol. The smallest absolute Gasteiger partial charge is 0.225 e. The van der Waals surface area contributed by atoms with Gasteiger partial charge < -0.3 is 14.8 Å². The lowest BCUT2D eigenvalue weighted by Crippen LogP contribution is -2.45. The lowest BCUT2D eigenvalue weighted by Gasteiger charge is -2.32. The number of rotatable bonds is 4. The van der Waals surface area contributed by atoms with Gasteiger partial charge in [0.25, 0.3) is 0 Å². The van der Waals surface area contributed by atoms with Gasteiger partial charge in [-0.25, -0.2) is 4.98 Å². The number of aromatic nitrogens is 2. The summed E-state index contributed by atoms with van der Waals surface area (Å²) in [6.45, 7) is 5.91. The number of hydrogen-bond acceptors (Lipinski definition) is 3.